The lowest BCUT2D eigenvalue weighted by molar-refractivity contribution is 0.173. The Labute approximate surface area is 171 Å². The van der Waals surface area contributed by atoms with Gasteiger partial charge in [-0.2, -0.15) is 0 Å². The summed E-state index contributed by atoms with van der Waals surface area (Å²) in [4.78, 5) is 5.92. The van der Waals surface area contributed by atoms with Gasteiger partial charge < -0.3 is 4.98 Å². The van der Waals surface area contributed by atoms with Crippen LogP contribution in [0, 0.1) is 5.92 Å². The molecule has 0 saturated carbocycles. The SMILES string of the molecule is c1ccc(CC2CCN(Cc3nnc(-c4ccc5ccccc5c4)[nH]3)CC2)cc1. The Morgan fingerprint density at radius 3 is 2.41 bits per heavy atom. The predicted octanol–water partition coefficient (Wildman–Crippen LogP) is 5.08. The van der Waals surface area contributed by atoms with Crippen molar-refractivity contribution in [3.05, 3.63) is 84.2 Å². The highest BCUT2D eigenvalue weighted by atomic mass is 15.2. The number of aromatic amines is 1. The molecular formula is C25H26N4. The lowest BCUT2D eigenvalue weighted by atomic mass is 9.90. The highest BCUT2D eigenvalue weighted by Gasteiger charge is 2.20. The number of piperidine rings is 1. The van der Waals surface area contributed by atoms with Gasteiger partial charge in [-0.15, -0.1) is 10.2 Å². The minimum absolute atomic E-state index is 0.788. The molecule has 29 heavy (non-hydrogen) atoms. The van der Waals surface area contributed by atoms with Gasteiger partial charge in [0.05, 0.1) is 6.54 Å². The van der Waals surface area contributed by atoms with Gasteiger partial charge in [0.25, 0.3) is 0 Å². The largest absolute Gasteiger partial charge is 0.324 e. The van der Waals surface area contributed by atoms with Crippen molar-refractivity contribution in [3.63, 3.8) is 0 Å². The van der Waals surface area contributed by atoms with E-state index in [2.05, 4.69) is 92.9 Å². The highest BCUT2D eigenvalue weighted by molar-refractivity contribution is 5.86. The molecule has 1 fully saturated rings. The third kappa shape index (κ3) is 4.22. The van der Waals surface area contributed by atoms with Gasteiger partial charge in [0.15, 0.2) is 5.82 Å². The molecule has 1 N–H and O–H groups in total. The van der Waals surface area contributed by atoms with Crippen LogP contribution in [0.5, 0.6) is 0 Å². The topological polar surface area (TPSA) is 44.8 Å². The first-order chi connectivity index (χ1) is 14.3. The lowest BCUT2D eigenvalue weighted by Crippen LogP contribution is -2.34. The van der Waals surface area contributed by atoms with E-state index in [1.54, 1.807) is 0 Å². The van der Waals surface area contributed by atoms with E-state index < -0.39 is 0 Å². The van der Waals surface area contributed by atoms with Crippen molar-refractivity contribution in [2.24, 2.45) is 5.92 Å². The summed E-state index contributed by atoms with van der Waals surface area (Å²) in [7, 11) is 0. The molecular weight excluding hydrogens is 356 g/mol. The molecule has 4 aromatic rings. The van der Waals surface area contributed by atoms with Gasteiger partial charge in [-0.05, 0) is 60.7 Å². The van der Waals surface area contributed by atoms with Crippen molar-refractivity contribution >= 4 is 10.8 Å². The molecule has 3 aromatic carbocycles. The van der Waals surface area contributed by atoms with E-state index in [-0.39, 0.29) is 0 Å². The van der Waals surface area contributed by atoms with Crippen LogP contribution in [0.25, 0.3) is 22.2 Å². The van der Waals surface area contributed by atoms with Gasteiger partial charge in [-0.3, -0.25) is 4.90 Å². The summed E-state index contributed by atoms with van der Waals surface area (Å²) in [6.07, 6.45) is 3.70. The third-order valence-corrected chi connectivity index (χ3v) is 6.00. The summed E-state index contributed by atoms with van der Waals surface area (Å²) in [5.41, 5.74) is 2.55. The Morgan fingerprint density at radius 1 is 0.828 bits per heavy atom. The van der Waals surface area contributed by atoms with Crippen LogP contribution in [0.1, 0.15) is 24.2 Å². The summed E-state index contributed by atoms with van der Waals surface area (Å²) in [5.74, 6) is 2.59. The Morgan fingerprint density at radius 2 is 1.59 bits per heavy atom. The molecule has 4 nitrogen and oxygen atoms in total. The molecule has 0 bridgehead atoms. The van der Waals surface area contributed by atoms with Crippen molar-refractivity contribution < 1.29 is 0 Å². The van der Waals surface area contributed by atoms with E-state index in [4.69, 9.17) is 0 Å². The average molecular weight is 383 g/mol. The van der Waals surface area contributed by atoms with E-state index in [0.717, 1.165) is 42.8 Å². The first-order valence-electron chi connectivity index (χ1n) is 10.5. The van der Waals surface area contributed by atoms with Crippen LogP contribution in [0.15, 0.2) is 72.8 Å². The highest BCUT2D eigenvalue weighted by Crippen LogP contribution is 2.24. The number of likely N-dealkylation sites (tertiary alicyclic amines) is 1. The van der Waals surface area contributed by atoms with E-state index in [9.17, 15) is 0 Å². The fourth-order valence-corrected chi connectivity index (χ4v) is 4.34. The Balaban J connectivity index is 1.19. The quantitative estimate of drug-likeness (QED) is 0.523. The van der Waals surface area contributed by atoms with E-state index in [1.165, 1.54) is 35.6 Å². The molecule has 0 spiro atoms. The fourth-order valence-electron chi connectivity index (χ4n) is 4.34. The maximum Gasteiger partial charge on any atom is 0.161 e. The monoisotopic (exact) mass is 382 g/mol. The van der Waals surface area contributed by atoms with Crippen LogP contribution in [0.4, 0.5) is 0 Å². The average Bonchev–Trinajstić information content (AvgIpc) is 3.24. The molecule has 1 aromatic heterocycles. The van der Waals surface area contributed by atoms with Crippen molar-refractivity contribution in [2.45, 2.75) is 25.8 Å². The number of rotatable bonds is 5. The minimum atomic E-state index is 0.788. The van der Waals surface area contributed by atoms with Crippen LogP contribution in [-0.4, -0.2) is 33.2 Å². The third-order valence-electron chi connectivity index (χ3n) is 6.00. The van der Waals surface area contributed by atoms with Crippen molar-refractivity contribution in [1.82, 2.24) is 20.1 Å². The summed E-state index contributed by atoms with van der Waals surface area (Å²) < 4.78 is 0. The summed E-state index contributed by atoms with van der Waals surface area (Å²) >= 11 is 0. The van der Waals surface area contributed by atoms with Crippen molar-refractivity contribution in [2.75, 3.05) is 13.1 Å². The lowest BCUT2D eigenvalue weighted by Gasteiger charge is -2.31. The fraction of sp³-hybridized carbons (Fsp3) is 0.280. The number of hydrogen-bond acceptors (Lipinski definition) is 3. The zero-order valence-electron chi connectivity index (χ0n) is 16.6. The summed E-state index contributed by atoms with van der Waals surface area (Å²) in [5, 5.41) is 11.3. The van der Waals surface area contributed by atoms with Gasteiger partial charge in [-0.1, -0.05) is 66.7 Å². The molecule has 2 heterocycles. The van der Waals surface area contributed by atoms with Crippen LogP contribution in [-0.2, 0) is 13.0 Å². The number of H-pyrrole nitrogens is 1. The molecule has 4 heteroatoms. The second-order valence-electron chi connectivity index (χ2n) is 8.09. The Hall–Kier alpha value is -2.98. The second kappa shape index (κ2) is 8.18. The molecule has 0 atom stereocenters. The normalized spacial score (nSPS) is 15.7. The first kappa shape index (κ1) is 18.1. The zero-order chi connectivity index (χ0) is 19.5. The molecule has 0 aliphatic carbocycles. The van der Waals surface area contributed by atoms with Crippen LogP contribution in [0.3, 0.4) is 0 Å². The van der Waals surface area contributed by atoms with Gasteiger partial charge in [0, 0.05) is 5.56 Å². The van der Waals surface area contributed by atoms with Crippen LogP contribution in [0.2, 0.25) is 0 Å². The Kier molecular flexibility index (Phi) is 5.10. The van der Waals surface area contributed by atoms with Crippen LogP contribution >= 0.6 is 0 Å². The van der Waals surface area contributed by atoms with E-state index in [1.807, 2.05) is 0 Å². The molecule has 0 radical (unpaired) electrons. The molecule has 146 valence electrons. The number of benzene rings is 3. The Bertz CT molecular complexity index is 1080. The number of nitrogens with zero attached hydrogens (tertiary/aromatic N) is 3. The van der Waals surface area contributed by atoms with Gasteiger partial charge in [-0.25, -0.2) is 0 Å². The molecule has 0 unspecified atom stereocenters. The number of hydrogen-bond donors (Lipinski definition) is 1. The maximum absolute atomic E-state index is 4.41. The number of nitrogens with one attached hydrogen (secondary N) is 1. The zero-order valence-corrected chi connectivity index (χ0v) is 16.6. The van der Waals surface area contributed by atoms with Crippen LogP contribution < -0.4 is 0 Å². The smallest absolute Gasteiger partial charge is 0.161 e. The van der Waals surface area contributed by atoms with Gasteiger partial charge >= 0.3 is 0 Å². The number of aromatic nitrogens is 3. The predicted molar refractivity (Wildman–Crippen MR) is 117 cm³/mol. The summed E-state index contributed by atoms with van der Waals surface area (Å²) in [6, 6.07) is 25.7. The standard InChI is InChI=1S/C25H26N4/c1-2-6-19(7-3-1)16-20-12-14-29(15-13-20)18-24-26-25(28-27-24)23-11-10-21-8-4-5-9-22(21)17-23/h1-11,17,20H,12-16,18H2,(H,26,27,28). The minimum Gasteiger partial charge on any atom is -0.324 e. The molecule has 5 rings (SSSR count). The maximum atomic E-state index is 4.41. The first-order valence-corrected chi connectivity index (χ1v) is 10.5. The van der Waals surface area contributed by atoms with Crippen molar-refractivity contribution in [1.29, 1.82) is 0 Å². The number of fused-ring (bicyclic) bond motifs is 1. The van der Waals surface area contributed by atoms with Gasteiger partial charge in [0.1, 0.15) is 5.82 Å². The molecule has 1 saturated heterocycles. The van der Waals surface area contributed by atoms with E-state index in [0.29, 0.717) is 0 Å². The summed E-state index contributed by atoms with van der Waals surface area (Å²) in [6.45, 7) is 3.10. The molecule has 1 aliphatic heterocycles. The molecule has 0 amide bonds. The van der Waals surface area contributed by atoms with Gasteiger partial charge in [0.2, 0.25) is 0 Å². The van der Waals surface area contributed by atoms with Crippen molar-refractivity contribution in [3.8, 4) is 11.4 Å². The second-order valence-corrected chi connectivity index (χ2v) is 8.09. The molecule has 1 aliphatic rings. The van der Waals surface area contributed by atoms with E-state index >= 15 is 0 Å².